The van der Waals surface area contributed by atoms with Gasteiger partial charge in [0.2, 0.25) is 5.91 Å². The van der Waals surface area contributed by atoms with Gasteiger partial charge in [0.1, 0.15) is 5.01 Å². The van der Waals surface area contributed by atoms with Crippen molar-refractivity contribution in [3.63, 3.8) is 0 Å². The summed E-state index contributed by atoms with van der Waals surface area (Å²) in [5.41, 5.74) is 2.50. The maximum atomic E-state index is 13.3. The van der Waals surface area contributed by atoms with Crippen molar-refractivity contribution in [2.24, 2.45) is 0 Å². The van der Waals surface area contributed by atoms with Crippen LogP contribution in [0, 0.1) is 0 Å². The molecule has 134 valence electrons. The van der Waals surface area contributed by atoms with Crippen molar-refractivity contribution >= 4 is 46.3 Å². The van der Waals surface area contributed by atoms with Crippen LogP contribution in [0.1, 0.15) is 12.8 Å². The number of aromatic nitrogens is 1. The number of hydrogen-bond donors (Lipinski definition) is 1. The molecule has 1 fully saturated rings. The molecule has 2 amide bonds. The van der Waals surface area contributed by atoms with Crippen LogP contribution in [0.4, 0.5) is 11.4 Å². The van der Waals surface area contributed by atoms with E-state index in [9.17, 15) is 9.59 Å². The summed E-state index contributed by atoms with van der Waals surface area (Å²) < 4.78 is 0. The lowest BCUT2D eigenvalue weighted by Gasteiger charge is -2.29. The highest BCUT2D eigenvalue weighted by Gasteiger charge is 2.57. The van der Waals surface area contributed by atoms with Crippen LogP contribution in [0.2, 0.25) is 0 Å². The maximum absolute atomic E-state index is 13.3. The lowest BCUT2D eigenvalue weighted by atomic mass is 10.1. The Labute approximate surface area is 164 Å². The Morgan fingerprint density at radius 3 is 2.93 bits per heavy atom. The van der Waals surface area contributed by atoms with Gasteiger partial charge in [-0.25, -0.2) is 4.98 Å². The number of hydrogen-bond acceptors (Lipinski definition) is 5. The molecular formula is C20H15N3O2S2. The summed E-state index contributed by atoms with van der Waals surface area (Å²) >= 11 is 3.02. The quantitative estimate of drug-likeness (QED) is 0.717. The Bertz CT molecular complexity index is 1050. The molecule has 0 radical (unpaired) electrons. The third kappa shape index (κ3) is 2.57. The average molecular weight is 393 g/mol. The summed E-state index contributed by atoms with van der Waals surface area (Å²) in [6, 6.07) is 15.3. The first-order valence-electron chi connectivity index (χ1n) is 8.60. The molecule has 5 nitrogen and oxygen atoms in total. The van der Waals surface area contributed by atoms with Crippen LogP contribution in [-0.4, -0.2) is 21.7 Å². The summed E-state index contributed by atoms with van der Waals surface area (Å²) in [6.45, 7) is 0. The second-order valence-corrected chi connectivity index (χ2v) is 8.67. The number of amides is 2. The molecule has 1 saturated heterocycles. The molecule has 1 N–H and O–H groups in total. The van der Waals surface area contributed by atoms with E-state index >= 15 is 0 Å². The molecular weight excluding hydrogens is 378 g/mol. The molecule has 27 heavy (non-hydrogen) atoms. The number of anilines is 2. The molecule has 3 aromatic rings. The standard InChI is InChI=1S/C20H15N3O2S2/c24-17-8-9-20(23(17)15-6-1-2-7-16(15)27-20)19(25)22-14-5-3-4-13(12-14)18-21-10-11-26-18/h1-7,10-12H,8-9H2,(H,22,25)/t20-/m0/s1. The first-order chi connectivity index (χ1) is 13.2. The molecule has 5 rings (SSSR count). The van der Waals surface area contributed by atoms with Gasteiger partial charge >= 0.3 is 0 Å². The number of nitrogens with one attached hydrogen (secondary N) is 1. The van der Waals surface area contributed by atoms with Crippen molar-refractivity contribution in [1.82, 2.24) is 4.98 Å². The van der Waals surface area contributed by atoms with Gasteiger partial charge in [-0.1, -0.05) is 36.0 Å². The zero-order valence-electron chi connectivity index (χ0n) is 14.2. The SMILES string of the molecule is O=C1CC[C@@]2(C(=O)Nc3cccc(-c4nccs4)c3)Sc3ccccc3N12. The summed E-state index contributed by atoms with van der Waals surface area (Å²) in [5.74, 6) is -0.162. The number of fused-ring (bicyclic) bond motifs is 3. The lowest BCUT2D eigenvalue weighted by molar-refractivity contribution is -0.121. The topological polar surface area (TPSA) is 62.3 Å². The minimum Gasteiger partial charge on any atom is -0.323 e. The molecule has 0 unspecified atom stereocenters. The predicted molar refractivity (Wildman–Crippen MR) is 108 cm³/mol. The number of thioether (sulfide) groups is 1. The van der Waals surface area contributed by atoms with E-state index in [2.05, 4.69) is 10.3 Å². The Morgan fingerprint density at radius 1 is 1.19 bits per heavy atom. The molecule has 2 aliphatic heterocycles. The number of carbonyl (C=O) groups excluding carboxylic acids is 2. The Kier molecular flexibility index (Phi) is 3.80. The summed E-state index contributed by atoms with van der Waals surface area (Å²) in [6.07, 6.45) is 2.65. The molecule has 0 saturated carbocycles. The van der Waals surface area contributed by atoms with E-state index in [1.165, 1.54) is 11.8 Å². The van der Waals surface area contributed by atoms with Crippen LogP contribution < -0.4 is 10.2 Å². The summed E-state index contributed by atoms with van der Waals surface area (Å²) in [4.78, 5) is 31.9. The second kappa shape index (κ2) is 6.21. The summed E-state index contributed by atoms with van der Waals surface area (Å²) in [7, 11) is 0. The van der Waals surface area contributed by atoms with Crippen molar-refractivity contribution < 1.29 is 9.59 Å². The van der Waals surface area contributed by atoms with Gasteiger partial charge in [-0.15, -0.1) is 11.3 Å². The molecule has 0 aliphatic carbocycles. The lowest BCUT2D eigenvalue weighted by Crippen LogP contribution is -2.49. The van der Waals surface area contributed by atoms with Gasteiger partial charge < -0.3 is 5.32 Å². The fraction of sp³-hybridized carbons (Fsp3) is 0.150. The van der Waals surface area contributed by atoms with Crippen LogP contribution >= 0.6 is 23.1 Å². The van der Waals surface area contributed by atoms with Crippen molar-refractivity contribution in [3.05, 3.63) is 60.1 Å². The van der Waals surface area contributed by atoms with E-state index < -0.39 is 4.87 Å². The molecule has 2 aliphatic rings. The van der Waals surface area contributed by atoms with Crippen LogP contribution in [0.5, 0.6) is 0 Å². The fourth-order valence-corrected chi connectivity index (χ4v) is 5.67. The maximum Gasteiger partial charge on any atom is 0.261 e. The normalized spacial score (nSPS) is 20.4. The summed E-state index contributed by atoms with van der Waals surface area (Å²) in [5, 5.41) is 5.86. The second-order valence-electron chi connectivity index (χ2n) is 6.46. The molecule has 1 atom stereocenters. The van der Waals surface area contributed by atoms with Gasteiger partial charge in [0.25, 0.3) is 5.91 Å². The highest BCUT2D eigenvalue weighted by atomic mass is 32.2. The highest BCUT2D eigenvalue weighted by Crippen LogP contribution is 2.56. The van der Waals surface area contributed by atoms with E-state index in [1.807, 2.05) is 53.9 Å². The van der Waals surface area contributed by atoms with Crippen molar-refractivity contribution in [3.8, 4) is 10.6 Å². The van der Waals surface area contributed by atoms with Crippen LogP contribution in [0.25, 0.3) is 10.6 Å². The van der Waals surface area contributed by atoms with Gasteiger partial charge in [0, 0.05) is 34.1 Å². The first-order valence-corrected chi connectivity index (χ1v) is 10.3. The number of rotatable bonds is 3. The number of thiazole rings is 1. The van der Waals surface area contributed by atoms with Gasteiger partial charge in [0.15, 0.2) is 4.87 Å². The van der Waals surface area contributed by atoms with E-state index in [0.717, 1.165) is 21.2 Å². The van der Waals surface area contributed by atoms with E-state index in [0.29, 0.717) is 18.5 Å². The number of carbonyl (C=O) groups is 2. The fourth-order valence-electron chi connectivity index (χ4n) is 3.62. The Morgan fingerprint density at radius 2 is 2.07 bits per heavy atom. The molecule has 7 heteroatoms. The van der Waals surface area contributed by atoms with Crippen molar-refractivity contribution in [2.75, 3.05) is 10.2 Å². The van der Waals surface area contributed by atoms with Crippen LogP contribution in [0.15, 0.2) is 65.0 Å². The number of nitrogens with zero attached hydrogens (tertiary/aromatic N) is 2. The monoisotopic (exact) mass is 393 g/mol. The number of benzene rings is 2. The Balaban J connectivity index is 1.47. The third-order valence-electron chi connectivity index (χ3n) is 4.83. The largest absolute Gasteiger partial charge is 0.323 e. The zero-order chi connectivity index (χ0) is 18.4. The Hall–Kier alpha value is -2.64. The van der Waals surface area contributed by atoms with Gasteiger partial charge in [-0.05, 0) is 30.7 Å². The van der Waals surface area contributed by atoms with Gasteiger partial charge in [0.05, 0.1) is 5.69 Å². The van der Waals surface area contributed by atoms with Crippen molar-refractivity contribution in [1.29, 1.82) is 0 Å². The van der Waals surface area contributed by atoms with Crippen LogP contribution in [-0.2, 0) is 9.59 Å². The van der Waals surface area contributed by atoms with Crippen molar-refractivity contribution in [2.45, 2.75) is 22.6 Å². The minimum atomic E-state index is -0.905. The van der Waals surface area contributed by atoms with E-state index in [1.54, 1.807) is 22.4 Å². The molecule has 0 spiro atoms. The third-order valence-corrected chi connectivity index (χ3v) is 7.12. The smallest absolute Gasteiger partial charge is 0.261 e. The first kappa shape index (κ1) is 16.5. The predicted octanol–water partition coefficient (Wildman–Crippen LogP) is 4.38. The molecule has 3 heterocycles. The zero-order valence-corrected chi connectivity index (χ0v) is 15.8. The van der Waals surface area contributed by atoms with Crippen LogP contribution in [0.3, 0.4) is 0 Å². The van der Waals surface area contributed by atoms with E-state index in [-0.39, 0.29) is 11.8 Å². The molecule has 0 bridgehead atoms. The van der Waals surface area contributed by atoms with Gasteiger partial charge in [-0.2, -0.15) is 0 Å². The van der Waals surface area contributed by atoms with Gasteiger partial charge in [-0.3, -0.25) is 14.5 Å². The molecule has 1 aromatic heterocycles. The number of para-hydroxylation sites is 1. The highest BCUT2D eigenvalue weighted by molar-refractivity contribution is 8.02. The van der Waals surface area contributed by atoms with E-state index in [4.69, 9.17) is 0 Å². The average Bonchev–Trinajstić information content (AvgIpc) is 3.38. The molecule has 2 aromatic carbocycles. The minimum absolute atomic E-state index is 0.000800.